The van der Waals surface area contributed by atoms with E-state index in [-0.39, 0.29) is 0 Å². The maximum absolute atomic E-state index is 10.8. The molecule has 0 amide bonds. The Bertz CT molecular complexity index is 453. The Morgan fingerprint density at radius 1 is 1.43 bits per heavy atom. The normalized spacial score (nSPS) is 10.1. The quantitative estimate of drug-likeness (QED) is 0.705. The minimum absolute atomic E-state index is 0.472. The summed E-state index contributed by atoms with van der Waals surface area (Å²) in [6, 6.07) is 5.09. The van der Waals surface area contributed by atoms with E-state index < -0.39 is 0 Å². The number of hydrogen-bond donors (Lipinski definition) is 0. The Balaban J connectivity index is 2.67. The number of aldehydes is 1. The Kier molecular flexibility index (Phi) is 2.28. The molecule has 2 aromatic rings. The van der Waals surface area contributed by atoms with E-state index >= 15 is 0 Å². The molecule has 14 heavy (non-hydrogen) atoms. The number of benzene rings is 1. The molecule has 1 aromatic carbocycles. The lowest BCUT2D eigenvalue weighted by molar-refractivity contribution is 0.112. The van der Waals surface area contributed by atoms with Gasteiger partial charge >= 0.3 is 0 Å². The summed E-state index contributed by atoms with van der Waals surface area (Å²) in [4.78, 5) is 10.8. The highest BCUT2D eigenvalue weighted by Gasteiger charge is 2.08. The molecule has 70 valence electrons. The van der Waals surface area contributed by atoms with Gasteiger partial charge in [-0.3, -0.25) is 4.79 Å². The fourth-order valence-corrected chi connectivity index (χ4v) is 1.46. The van der Waals surface area contributed by atoms with Crippen LogP contribution in [0.2, 0.25) is 5.02 Å². The molecule has 5 heteroatoms. The van der Waals surface area contributed by atoms with Gasteiger partial charge in [-0.05, 0) is 12.1 Å². The van der Waals surface area contributed by atoms with Gasteiger partial charge in [0.2, 0.25) is 0 Å². The number of carbonyl (C=O) groups is 1. The highest BCUT2D eigenvalue weighted by atomic mass is 35.5. The molecular formula is C9H6ClN3O. The number of hydrogen-bond acceptors (Lipinski definition) is 3. The summed E-state index contributed by atoms with van der Waals surface area (Å²) in [7, 11) is 0. The smallest absolute Gasteiger partial charge is 0.152 e. The minimum Gasteiger partial charge on any atom is -0.298 e. The third-order valence-corrected chi connectivity index (χ3v) is 2.10. The summed E-state index contributed by atoms with van der Waals surface area (Å²) in [6.07, 6.45) is 3.90. The van der Waals surface area contributed by atoms with Gasteiger partial charge in [-0.2, -0.15) is 0 Å². The van der Waals surface area contributed by atoms with Crippen molar-refractivity contribution in [1.29, 1.82) is 0 Å². The van der Waals surface area contributed by atoms with Crippen LogP contribution in [-0.2, 0) is 0 Å². The summed E-state index contributed by atoms with van der Waals surface area (Å²) >= 11 is 5.95. The molecule has 0 aliphatic carbocycles. The lowest BCUT2D eigenvalue weighted by Crippen LogP contribution is -2.00. The Hall–Kier alpha value is -1.68. The third kappa shape index (κ3) is 1.40. The second-order valence-corrected chi connectivity index (χ2v) is 3.05. The number of rotatable bonds is 2. The molecule has 0 aliphatic rings. The summed E-state index contributed by atoms with van der Waals surface area (Å²) in [5.74, 6) is 0. The molecule has 0 bridgehead atoms. The second kappa shape index (κ2) is 3.59. The van der Waals surface area contributed by atoms with Crippen molar-refractivity contribution in [2.75, 3.05) is 0 Å². The van der Waals surface area contributed by atoms with Gasteiger partial charge in [-0.15, -0.1) is 5.10 Å². The zero-order valence-electron chi connectivity index (χ0n) is 7.09. The van der Waals surface area contributed by atoms with Gasteiger partial charge in [0.25, 0.3) is 0 Å². The topological polar surface area (TPSA) is 47.8 Å². The van der Waals surface area contributed by atoms with E-state index in [0.29, 0.717) is 16.3 Å². The molecule has 0 aliphatic heterocycles. The lowest BCUT2D eigenvalue weighted by atomic mass is 10.2. The van der Waals surface area contributed by atoms with Crippen LogP contribution in [0.3, 0.4) is 0 Å². The van der Waals surface area contributed by atoms with Gasteiger partial charge in [0, 0.05) is 5.56 Å². The zero-order valence-corrected chi connectivity index (χ0v) is 7.85. The summed E-state index contributed by atoms with van der Waals surface area (Å²) in [6.45, 7) is 0. The Labute approximate surface area is 85.1 Å². The van der Waals surface area contributed by atoms with E-state index in [0.717, 1.165) is 6.29 Å². The zero-order chi connectivity index (χ0) is 9.97. The number of halogens is 1. The van der Waals surface area contributed by atoms with Crippen molar-refractivity contribution >= 4 is 17.9 Å². The maximum atomic E-state index is 10.8. The van der Waals surface area contributed by atoms with Crippen molar-refractivity contribution in [1.82, 2.24) is 15.0 Å². The lowest BCUT2D eigenvalue weighted by Gasteiger charge is -2.05. The average Bonchev–Trinajstić information content (AvgIpc) is 2.70. The maximum Gasteiger partial charge on any atom is 0.152 e. The first-order valence-corrected chi connectivity index (χ1v) is 4.31. The third-order valence-electron chi connectivity index (χ3n) is 1.80. The monoisotopic (exact) mass is 207 g/mol. The van der Waals surface area contributed by atoms with E-state index in [4.69, 9.17) is 11.6 Å². The van der Waals surface area contributed by atoms with Crippen LogP contribution in [0, 0.1) is 0 Å². The van der Waals surface area contributed by atoms with Crippen LogP contribution in [0.25, 0.3) is 5.69 Å². The Morgan fingerprint density at radius 3 is 2.93 bits per heavy atom. The summed E-state index contributed by atoms with van der Waals surface area (Å²) < 4.78 is 1.46. The molecule has 1 heterocycles. The molecule has 0 atom stereocenters. The van der Waals surface area contributed by atoms with Gasteiger partial charge in [0.05, 0.1) is 23.1 Å². The first-order valence-electron chi connectivity index (χ1n) is 3.93. The van der Waals surface area contributed by atoms with E-state index in [2.05, 4.69) is 10.3 Å². The minimum atomic E-state index is 0.472. The van der Waals surface area contributed by atoms with Crippen molar-refractivity contribution in [3.05, 3.63) is 41.2 Å². The van der Waals surface area contributed by atoms with Crippen LogP contribution in [0.15, 0.2) is 30.6 Å². The fraction of sp³-hybridized carbons (Fsp3) is 0. The van der Waals surface area contributed by atoms with Crippen molar-refractivity contribution in [3.63, 3.8) is 0 Å². The fourth-order valence-electron chi connectivity index (χ4n) is 1.20. The largest absolute Gasteiger partial charge is 0.298 e. The standard InChI is InChI=1S/C9H6ClN3O/c10-8-3-1-2-7(6-14)9(8)13-5-4-11-12-13/h1-6H. The van der Waals surface area contributed by atoms with E-state index in [1.54, 1.807) is 24.4 Å². The van der Waals surface area contributed by atoms with Gasteiger partial charge in [-0.1, -0.05) is 22.9 Å². The summed E-state index contributed by atoms with van der Waals surface area (Å²) in [5, 5.41) is 7.91. The van der Waals surface area contributed by atoms with Crippen molar-refractivity contribution in [3.8, 4) is 5.69 Å². The molecule has 2 rings (SSSR count). The molecular weight excluding hydrogens is 202 g/mol. The number of nitrogens with zero attached hydrogens (tertiary/aromatic N) is 3. The predicted molar refractivity (Wildman–Crippen MR) is 51.8 cm³/mol. The Morgan fingerprint density at radius 2 is 2.29 bits per heavy atom. The molecule has 0 saturated heterocycles. The summed E-state index contributed by atoms with van der Waals surface area (Å²) in [5.41, 5.74) is 1.05. The first kappa shape index (κ1) is 8.90. The second-order valence-electron chi connectivity index (χ2n) is 2.64. The predicted octanol–water partition coefficient (Wildman–Crippen LogP) is 1.73. The van der Waals surface area contributed by atoms with Gasteiger partial charge < -0.3 is 0 Å². The van der Waals surface area contributed by atoms with E-state index in [1.165, 1.54) is 10.9 Å². The van der Waals surface area contributed by atoms with Crippen LogP contribution < -0.4 is 0 Å². The molecule has 0 fully saturated rings. The van der Waals surface area contributed by atoms with Crippen LogP contribution in [0.1, 0.15) is 10.4 Å². The van der Waals surface area contributed by atoms with E-state index in [9.17, 15) is 4.79 Å². The van der Waals surface area contributed by atoms with Gasteiger partial charge in [0.1, 0.15) is 0 Å². The van der Waals surface area contributed by atoms with Gasteiger partial charge in [-0.25, -0.2) is 4.68 Å². The van der Waals surface area contributed by atoms with Crippen molar-refractivity contribution in [2.24, 2.45) is 0 Å². The van der Waals surface area contributed by atoms with Gasteiger partial charge in [0.15, 0.2) is 6.29 Å². The number of carbonyl (C=O) groups excluding carboxylic acids is 1. The molecule has 4 nitrogen and oxygen atoms in total. The van der Waals surface area contributed by atoms with E-state index in [1.807, 2.05) is 0 Å². The molecule has 0 N–H and O–H groups in total. The molecule has 0 radical (unpaired) electrons. The van der Waals surface area contributed by atoms with Crippen LogP contribution in [-0.4, -0.2) is 21.3 Å². The molecule has 0 unspecified atom stereocenters. The van der Waals surface area contributed by atoms with Crippen molar-refractivity contribution < 1.29 is 4.79 Å². The molecule has 0 saturated carbocycles. The first-order chi connectivity index (χ1) is 6.83. The SMILES string of the molecule is O=Cc1cccc(Cl)c1-n1ccnn1. The highest BCUT2D eigenvalue weighted by Crippen LogP contribution is 2.22. The highest BCUT2D eigenvalue weighted by molar-refractivity contribution is 6.32. The van der Waals surface area contributed by atoms with Crippen LogP contribution in [0.5, 0.6) is 0 Å². The number of para-hydroxylation sites is 1. The van der Waals surface area contributed by atoms with Crippen LogP contribution in [0.4, 0.5) is 0 Å². The molecule has 0 spiro atoms. The van der Waals surface area contributed by atoms with Crippen LogP contribution >= 0.6 is 11.6 Å². The average molecular weight is 208 g/mol. The van der Waals surface area contributed by atoms with Crippen molar-refractivity contribution in [2.45, 2.75) is 0 Å². The molecule has 1 aromatic heterocycles. The number of aromatic nitrogens is 3.